The van der Waals surface area contributed by atoms with Crippen molar-refractivity contribution in [1.82, 2.24) is 5.27 Å². The molecule has 1 N–H and O–H groups in total. The van der Waals surface area contributed by atoms with Gasteiger partial charge in [-0.3, -0.25) is 4.52 Å². The van der Waals surface area contributed by atoms with Crippen molar-refractivity contribution < 1.29 is 18.7 Å². The molecule has 0 spiro atoms. The zero-order valence-electron chi connectivity index (χ0n) is 9.01. The molecule has 2 heterocycles. The minimum atomic E-state index is -0.400. The molecule has 0 radical (unpaired) electrons. The maximum absolute atomic E-state index is 10.8. The highest BCUT2D eigenvalue weighted by molar-refractivity contribution is 5.43. The summed E-state index contributed by atoms with van der Waals surface area (Å²) < 4.78 is 17.0. The van der Waals surface area contributed by atoms with Crippen molar-refractivity contribution in [3.63, 3.8) is 0 Å². The molecule has 0 unspecified atom stereocenters. The van der Waals surface area contributed by atoms with Crippen LogP contribution in [0.1, 0.15) is 5.56 Å². The normalized spacial score (nSPS) is 13.6. The molecule has 0 bridgehead atoms. The number of ether oxygens (including phenoxy) is 2. The SMILES string of the molecule is O=c1c[n+](Cc2ccc3c(c2)OCCO3)[nH]o1. The zero-order valence-corrected chi connectivity index (χ0v) is 9.01. The first-order chi connectivity index (χ1) is 8.31. The lowest BCUT2D eigenvalue weighted by Gasteiger charge is -2.18. The molecule has 6 heteroatoms. The van der Waals surface area contributed by atoms with Gasteiger partial charge in [0.05, 0.1) is 0 Å². The van der Waals surface area contributed by atoms with Crippen molar-refractivity contribution in [2.45, 2.75) is 6.54 Å². The Morgan fingerprint density at radius 3 is 2.82 bits per heavy atom. The topological polar surface area (TPSA) is 68.3 Å². The fourth-order valence-electron chi connectivity index (χ4n) is 1.74. The lowest BCUT2D eigenvalue weighted by molar-refractivity contribution is -0.754. The highest BCUT2D eigenvalue weighted by Gasteiger charge is 2.14. The van der Waals surface area contributed by atoms with Gasteiger partial charge in [-0.2, -0.15) is 0 Å². The zero-order chi connectivity index (χ0) is 11.7. The third-order valence-corrected chi connectivity index (χ3v) is 2.48. The smallest absolute Gasteiger partial charge is 0.426 e. The van der Waals surface area contributed by atoms with Gasteiger partial charge in [0, 0.05) is 5.56 Å². The summed E-state index contributed by atoms with van der Waals surface area (Å²) in [5.74, 6) is 1.49. The summed E-state index contributed by atoms with van der Waals surface area (Å²) in [5.41, 5.74) is 0.596. The first-order valence-electron chi connectivity index (χ1n) is 5.28. The van der Waals surface area contributed by atoms with Crippen LogP contribution >= 0.6 is 0 Å². The Bertz CT molecular complexity index is 587. The summed E-state index contributed by atoms with van der Waals surface area (Å²) in [4.78, 5) is 10.8. The second-order valence-corrected chi connectivity index (χ2v) is 3.75. The monoisotopic (exact) mass is 235 g/mol. The van der Waals surface area contributed by atoms with Crippen LogP contribution in [0.25, 0.3) is 0 Å². The van der Waals surface area contributed by atoms with Crippen LogP contribution in [-0.4, -0.2) is 18.5 Å². The molecule has 0 aliphatic carbocycles. The summed E-state index contributed by atoms with van der Waals surface area (Å²) in [6.07, 6.45) is 1.36. The van der Waals surface area contributed by atoms with Gasteiger partial charge in [0.25, 0.3) is 6.20 Å². The van der Waals surface area contributed by atoms with Crippen molar-refractivity contribution in [3.05, 3.63) is 40.4 Å². The Labute approximate surface area is 96.3 Å². The predicted octanol–water partition coefficient (Wildman–Crippen LogP) is 0.0749. The number of nitrogens with zero attached hydrogens (tertiary/aromatic N) is 1. The Hall–Kier alpha value is -2.24. The van der Waals surface area contributed by atoms with E-state index in [4.69, 9.17) is 9.47 Å². The first-order valence-corrected chi connectivity index (χ1v) is 5.28. The second-order valence-electron chi connectivity index (χ2n) is 3.75. The highest BCUT2D eigenvalue weighted by Crippen LogP contribution is 2.30. The molecule has 0 amide bonds. The van der Waals surface area contributed by atoms with E-state index < -0.39 is 5.63 Å². The third kappa shape index (κ3) is 2.01. The van der Waals surface area contributed by atoms with E-state index >= 15 is 0 Å². The number of hydrogen-bond acceptors (Lipinski definition) is 4. The molecule has 0 saturated carbocycles. The van der Waals surface area contributed by atoms with Gasteiger partial charge in [-0.25, -0.2) is 4.79 Å². The van der Waals surface area contributed by atoms with E-state index in [2.05, 4.69) is 9.79 Å². The number of benzene rings is 1. The molecule has 0 fully saturated rings. The van der Waals surface area contributed by atoms with Crippen LogP contribution in [0.15, 0.2) is 33.7 Å². The lowest BCUT2D eigenvalue weighted by Crippen LogP contribution is -2.35. The Kier molecular flexibility index (Phi) is 2.32. The van der Waals surface area contributed by atoms with Gasteiger partial charge in [-0.15, -0.1) is 0 Å². The quantitative estimate of drug-likeness (QED) is 0.748. The molecule has 17 heavy (non-hydrogen) atoms. The van der Waals surface area contributed by atoms with Crippen LogP contribution in [0.5, 0.6) is 11.5 Å². The van der Waals surface area contributed by atoms with E-state index in [0.29, 0.717) is 19.8 Å². The largest absolute Gasteiger partial charge is 0.486 e. The maximum atomic E-state index is 10.8. The van der Waals surface area contributed by atoms with E-state index in [0.717, 1.165) is 17.1 Å². The first kappa shape index (κ1) is 9.95. The number of aromatic amines is 1. The number of nitrogens with one attached hydrogen (secondary N) is 1. The summed E-state index contributed by atoms with van der Waals surface area (Å²) in [5, 5.41) is 2.49. The summed E-state index contributed by atoms with van der Waals surface area (Å²) in [6, 6.07) is 5.68. The maximum Gasteiger partial charge on any atom is 0.426 e. The molecule has 3 rings (SSSR count). The standard InChI is InChI=1S/C11H10N2O4/c14-11-7-13(12-17-11)6-8-1-2-9-10(5-8)16-4-3-15-9/h1-2,5,7H,3-4,6H2/p+1. The highest BCUT2D eigenvalue weighted by atomic mass is 16.6. The Morgan fingerprint density at radius 1 is 1.24 bits per heavy atom. The van der Waals surface area contributed by atoms with Gasteiger partial charge in [0.2, 0.25) is 6.54 Å². The van der Waals surface area contributed by atoms with Crippen LogP contribution in [0.4, 0.5) is 0 Å². The van der Waals surface area contributed by atoms with Gasteiger partial charge < -0.3 is 9.47 Å². The van der Waals surface area contributed by atoms with E-state index in [1.807, 2.05) is 18.2 Å². The minimum Gasteiger partial charge on any atom is -0.486 e. The molecular formula is C11H11N2O4+. The van der Waals surface area contributed by atoms with E-state index in [9.17, 15) is 4.79 Å². The van der Waals surface area contributed by atoms with E-state index in [1.165, 1.54) is 6.20 Å². The van der Waals surface area contributed by atoms with Crippen LogP contribution < -0.4 is 19.8 Å². The Morgan fingerprint density at radius 2 is 2.06 bits per heavy atom. The predicted molar refractivity (Wildman–Crippen MR) is 56.1 cm³/mol. The average Bonchev–Trinajstić information content (AvgIpc) is 2.75. The minimum absolute atomic E-state index is 0.400. The van der Waals surface area contributed by atoms with Gasteiger partial charge in [0.1, 0.15) is 13.2 Å². The summed E-state index contributed by atoms with van der Waals surface area (Å²) >= 11 is 0. The Balaban J connectivity index is 1.86. The average molecular weight is 235 g/mol. The molecule has 6 nitrogen and oxygen atoms in total. The van der Waals surface area contributed by atoms with Crippen molar-refractivity contribution in [2.75, 3.05) is 13.2 Å². The molecule has 2 aromatic rings. The van der Waals surface area contributed by atoms with E-state index in [1.54, 1.807) is 4.68 Å². The molecular weight excluding hydrogens is 224 g/mol. The van der Waals surface area contributed by atoms with Gasteiger partial charge in [-0.1, -0.05) is 4.68 Å². The number of rotatable bonds is 2. The number of fused-ring (bicyclic) bond motifs is 1. The molecule has 0 atom stereocenters. The van der Waals surface area contributed by atoms with Gasteiger partial charge in [-0.05, 0) is 23.5 Å². The molecule has 1 aromatic carbocycles. The molecule has 1 aliphatic heterocycles. The van der Waals surface area contributed by atoms with Gasteiger partial charge >= 0.3 is 5.63 Å². The lowest BCUT2D eigenvalue weighted by atomic mass is 10.2. The van der Waals surface area contributed by atoms with Crippen molar-refractivity contribution in [2.24, 2.45) is 0 Å². The summed E-state index contributed by atoms with van der Waals surface area (Å²) in [6.45, 7) is 1.66. The van der Waals surface area contributed by atoms with Crippen molar-refractivity contribution in [1.29, 1.82) is 0 Å². The van der Waals surface area contributed by atoms with E-state index in [-0.39, 0.29) is 0 Å². The van der Waals surface area contributed by atoms with Crippen LogP contribution in [-0.2, 0) is 6.54 Å². The van der Waals surface area contributed by atoms with Crippen molar-refractivity contribution in [3.8, 4) is 11.5 Å². The number of H-pyrrole nitrogens is 1. The molecule has 1 aliphatic rings. The molecule has 1 aromatic heterocycles. The van der Waals surface area contributed by atoms with Crippen LogP contribution in [0.2, 0.25) is 0 Å². The second kappa shape index (κ2) is 3.97. The number of hydrogen-bond donors (Lipinski definition) is 1. The summed E-state index contributed by atoms with van der Waals surface area (Å²) in [7, 11) is 0. The van der Waals surface area contributed by atoms with Crippen molar-refractivity contribution >= 4 is 0 Å². The van der Waals surface area contributed by atoms with Gasteiger partial charge in [0.15, 0.2) is 11.5 Å². The fraction of sp³-hybridized carbons (Fsp3) is 0.273. The number of aromatic nitrogens is 2. The van der Waals surface area contributed by atoms with Crippen LogP contribution in [0, 0.1) is 0 Å². The molecule has 0 saturated heterocycles. The fourth-order valence-corrected chi connectivity index (χ4v) is 1.74. The third-order valence-electron chi connectivity index (χ3n) is 2.48. The molecule has 88 valence electrons. The van der Waals surface area contributed by atoms with Crippen LogP contribution in [0.3, 0.4) is 0 Å².